The first kappa shape index (κ1) is 14.3. The Morgan fingerprint density at radius 3 is 2.50 bits per heavy atom. The molecule has 2 aromatic rings. The number of hydrogen-bond donors (Lipinski definition) is 0. The van der Waals surface area contributed by atoms with Gasteiger partial charge in [-0.1, -0.05) is 48.5 Å². The SMILES string of the molecule is CCOC(=O)[C@H]1C(=O)Oc2ccccc2[C@H]1c1ccccc1. The Hall–Kier alpha value is -2.62. The van der Waals surface area contributed by atoms with Gasteiger partial charge in [-0.25, -0.2) is 0 Å². The zero-order valence-electron chi connectivity index (χ0n) is 12.2. The lowest BCUT2D eigenvalue weighted by atomic mass is 9.78. The predicted octanol–water partition coefficient (Wildman–Crippen LogP) is 2.92. The second-order valence-corrected chi connectivity index (χ2v) is 5.08. The smallest absolute Gasteiger partial charge is 0.326 e. The van der Waals surface area contributed by atoms with E-state index in [0.717, 1.165) is 11.1 Å². The molecule has 0 saturated carbocycles. The van der Waals surface area contributed by atoms with Gasteiger partial charge in [0.25, 0.3) is 0 Å². The average molecular weight is 296 g/mol. The van der Waals surface area contributed by atoms with E-state index in [0.29, 0.717) is 5.75 Å². The molecular formula is C18H16O4. The van der Waals surface area contributed by atoms with Crippen molar-refractivity contribution in [2.24, 2.45) is 5.92 Å². The maximum atomic E-state index is 12.3. The van der Waals surface area contributed by atoms with Crippen LogP contribution in [0.1, 0.15) is 24.0 Å². The molecule has 1 heterocycles. The van der Waals surface area contributed by atoms with Gasteiger partial charge in [-0.2, -0.15) is 0 Å². The number of benzene rings is 2. The van der Waals surface area contributed by atoms with E-state index < -0.39 is 23.8 Å². The van der Waals surface area contributed by atoms with Crippen LogP contribution in [-0.2, 0) is 14.3 Å². The van der Waals surface area contributed by atoms with Crippen LogP contribution in [0.3, 0.4) is 0 Å². The van der Waals surface area contributed by atoms with E-state index in [4.69, 9.17) is 9.47 Å². The largest absolute Gasteiger partial charge is 0.465 e. The molecule has 0 fully saturated rings. The lowest BCUT2D eigenvalue weighted by molar-refractivity contribution is -0.158. The van der Waals surface area contributed by atoms with Crippen molar-refractivity contribution in [1.82, 2.24) is 0 Å². The van der Waals surface area contributed by atoms with E-state index in [9.17, 15) is 9.59 Å². The first-order valence-electron chi connectivity index (χ1n) is 7.24. The molecule has 0 spiro atoms. The van der Waals surface area contributed by atoms with Gasteiger partial charge < -0.3 is 9.47 Å². The van der Waals surface area contributed by atoms with Crippen molar-refractivity contribution < 1.29 is 19.1 Å². The summed E-state index contributed by atoms with van der Waals surface area (Å²) in [5.74, 6) is -1.97. The van der Waals surface area contributed by atoms with Crippen LogP contribution in [-0.4, -0.2) is 18.5 Å². The van der Waals surface area contributed by atoms with Gasteiger partial charge in [0, 0.05) is 11.5 Å². The maximum Gasteiger partial charge on any atom is 0.326 e. The molecule has 4 nitrogen and oxygen atoms in total. The molecule has 2 aromatic carbocycles. The molecule has 0 radical (unpaired) electrons. The van der Waals surface area contributed by atoms with Crippen molar-refractivity contribution in [3.8, 4) is 5.75 Å². The summed E-state index contributed by atoms with van der Waals surface area (Å²) in [6, 6.07) is 16.8. The van der Waals surface area contributed by atoms with Crippen LogP contribution >= 0.6 is 0 Å². The van der Waals surface area contributed by atoms with Crippen molar-refractivity contribution >= 4 is 11.9 Å². The van der Waals surface area contributed by atoms with Crippen molar-refractivity contribution in [1.29, 1.82) is 0 Å². The van der Waals surface area contributed by atoms with Crippen LogP contribution < -0.4 is 4.74 Å². The molecule has 4 heteroatoms. The highest BCUT2D eigenvalue weighted by Crippen LogP contribution is 2.42. The van der Waals surface area contributed by atoms with Crippen molar-refractivity contribution in [2.75, 3.05) is 6.61 Å². The highest BCUT2D eigenvalue weighted by molar-refractivity contribution is 5.99. The lowest BCUT2D eigenvalue weighted by Gasteiger charge is -2.30. The Balaban J connectivity index is 2.13. The van der Waals surface area contributed by atoms with E-state index in [1.54, 1.807) is 19.1 Å². The van der Waals surface area contributed by atoms with Gasteiger partial charge in [-0.05, 0) is 18.6 Å². The second-order valence-electron chi connectivity index (χ2n) is 5.08. The van der Waals surface area contributed by atoms with Gasteiger partial charge in [0.1, 0.15) is 5.75 Å². The number of rotatable bonds is 3. The van der Waals surface area contributed by atoms with Gasteiger partial charge in [0.15, 0.2) is 5.92 Å². The Morgan fingerprint density at radius 1 is 1.09 bits per heavy atom. The highest BCUT2D eigenvalue weighted by atomic mass is 16.6. The molecule has 0 saturated heterocycles. The second kappa shape index (κ2) is 6.02. The van der Waals surface area contributed by atoms with Gasteiger partial charge in [-0.3, -0.25) is 9.59 Å². The molecule has 1 aliphatic heterocycles. The summed E-state index contributed by atoms with van der Waals surface area (Å²) in [4.78, 5) is 24.6. The van der Waals surface area contributed by atoms with Crippen LogP contribution in [0.2, 0.25) is 0 Å². The minimum atomic E-state index is -0.975. The number of carbonyl (C=O) groups excluding carboxylic acids is 2. The molecule has 22 heavy (non-hydrogen) atoms. The van der Waals surface area contributed by atoms with E-state index in [-0.39, 0.29) is 6.61 Å². The van der Waals surface area contributed by atoms with Crippen LogP contribution in [0.15, 0.2) is 54.6 Å². The lowest BCUT2D eigenvalue weighted by Crippen LogP contribution is -2.38. The van der Waals surface area contributed by atoms with Crippen molar-refractivity contribution in [2.45, 2.75) is 12.8 Å². The Labute approximate surface area is 128 Å². The number of fused-ring (bicyclic) bond motifs is 1. The molecule has 0 aromatic heterocycles. The molecular weight excluding hydrogens is 280 g/mol. The maximum absolute atomic E-state index is 12.3. The normalized spacial score (nSPS) is 20.0. The Bertz CT molecular complexity index is 693. The number of ether oxygens (including phenoxy) is 2. The van der Waals surface area contributed by atoms with Gasteiger partial charge >= 0.3 is 11.9 Å². The van der Waals surface area contributed by atoms with E-state index in [2.05, 4.69) is 0 Å². The van der Waals surface area contributed by atoms with E-state index >= 15 is 0 Å². The number of para-hydroxylation sites is 1. The fraction of sp³-hybridized carbons (Fsp3) is 0.222. The molecule has 112 valence electrons. The molecule has 0 N–H and O–H groups in total. The molecule has 3 rings (SSSR count). The summed E-state index contributed by atoms with van der Waals surface area (Å²) in [7, 11) is 0. The third-order valence-corrected chi connectivity index (χ3v) is 3.75. The Kier molecular flexibility index (Phi) is 3.92. The molecule has 0 aliphatic carbocycles. The van der Waals surface area contributed by atoms with E-state index in [1.807, 2.05) is 42.5 Å². The summed E-state index contributed by atoms with van der Waals surface area (Å²) in [6.45, 7) is 1.95. The monoisotopic (exact) mass is 296 g/mol. The molecule has 0 unspecified atom stereocenters. The van der Waals surface area contributed by atoms with Crippen molar-refractivity contribution in [3.05, 3.63) is 65.7 Å². The predicted molar refractivity (Wildman–Crippen MR) is 80.5 cm³/mol. The fourth-order valence-corrected chi connectivity index (χ4v) is 2.81. The number of esters is 2. The number of hydrogen-bond acceptors (Lipinski definition) is 4. The first-order chi connectivity index (χ1) is 10.7. The first-order valence-corrected chi connectivity index (χ1v) is 7.24. The van der Waals surface area contributed by atoms with Crippen molar-refractivity contribution in [3.63, 3.8) is 0 Å². The summed E-state index contributed by atoms with van der Waals surface area (Å²) >= 11 is 0. The summed E-state index contributed by atoms with van der Waals surface area (Å²) in [5, 5.41) is 0. The van der Waals surface area contributed by atoms with Crippen LogP contribution in [0, 0.1) is 5.92 Å². The standard InChI is InChI=1S/C18H16O4/c1-2-21-17(19)16-15(12-8-4-3-5-9-12)13-10-6-7-11-14(13)22-18(16)20/h3-11,15-16H,2H2,1H3/t15-,16+/m1/s1. The third kappa shape index (κ3) is 2.48. The summed E-state index contributed by atoms with van der Waals surface area (Å²) in [6.07, 6.45) is 0. The number of carbonyl (C=O) groups is 2. The Morgan fingerprint density at radius 2 is 1.77 bits per heavy atom. The average Bonchev–Trinajstić information content (AvgIpc) is 2.54. The zero-order chi connectivity index (χ0) is 15.5. The quantitative estimate of drug-likeness (QED) is 0.496. The van der Waals surface area contributed by atoms with Gasteiger partial charge in [0.2, 0.25) is 0 Å². The summed E-state index contributed by atoms with van der Waals surface area (Å²) in [5.41, 5.74) is 1.72. The van der Waals surface area contributed by atoms with Crippen LogP contribution in [0.5, 0.6) is 5.75 Å². The minimum absolute atomic E-state index is 0.228. The van der Waals surface area contributed by atoms with Crippen LogP contribution in [0.4, 0.5) is 0 Å². The highest BCUT2D eigenvalue weighted by Gasteiger charge is 2.44. The molecule has 0 amide bonds. The molecule has 1 aliphatic rings. The zero-order valence-corrected chi connectivity index (χ0v) is 12.2. The van der Waals surface area contributed by atoms with Crippen LogP contribution in [0.25, 0.3) is 0 Å². The summed E-state index contributed by atoms with van der Waals surface area (Å²) < 4.78 is 10.4. The third-order valence-electron chi connectivity index (χ3n) is 3.75. The fourth-order valence-electron chi connectivity index (χ4n) is 2.81. The molecule has 0 bridgehead atoms. The van der Waals surface area contributed by atoms with Gasteiger partial charge in [0.05, 0.1) is 6.61 Å². The van der Waals surface area contributed by atoms with Gasteiger partial charge in [-0.15, -0.1) is 0 Å². The molecule has 2 atom stereocenters. The topological polar surface area (TPSA) is 52.6 Å². The van der Waals surface area contributed by atoms with E-state index in [1.165, 1.54) is 0 Å². The minimum Gasteiger partial charge on any atom is -0.465 e.